The van der Waals surface area contributed by atoms with Gasteiger partial charge in [-0.2, -0.15) is 5.10 Å². The number of methoxy groups -OCH3 is 2. The number of carbonyl (C=O) groups is 1. The lowest BCUT2D eigenvalue weighted by molar-refractivity contribution is 0.0952. The van der Waals surface area contributed by atoms with Crippen molar-refractivity contribution in [1.29, 1.82) is 0 Å². The van der Waals surface area contributed by atoms with E-state index < -0.39 is 0 Å². The van der Waals surface area contributed by atoms with E-state index >= 15 is 0 Å². The average Bonchev–Trinajstić information content (AvgIpc) is 2.78. The van der Waals surface area contributed by atoms with E-state index in [4.69, 9.17) is 37.4 Å². The lowest BCUT2D eigenvalue weighted by Gasteiger charge is -2.13. The number of benzene rings is 3. The van der Waals surface area contributed by atoms with Crippen LogP contribution in [0.5, 0.6) is 17.2 Å². The fraction of sp³-hybridized carbons (Fsp3) is 0.167. The second-order valence-corrected chi connectivity index (χ2v) is 7.70. The Labute approximate surface area is 196 Å². The summed E-state index contributed by atoms with van der Waals surface area (Å²) in [5, 5.41) is 5.02. The minimum Gasteiger partial charge on any atom is -0.496 e. The van der Waals surface area contributed by atoms with Crippen LogP contribution in [0.25, 0.3) is 0 Å². The molecular formula is C24H22Cl2N2O4. The first-order chi connectivity index (χ1) is 15.4. The van der Waals surface area contributed by atoms with Crippen molar-refractivity contribution in [3.8, 4) is 17.2 Å². The molecule has 0 aliphatic heterocycles. The van der Waals surface area contributed by atoms with E-state index in [1.165, 1.54) is 20.4 Å². The van der Waals surface area contributed by atoms with Crippen LogP contribution in [0, 0.1) is 6.92 Å². The van der Waals surface area contributed by atoms with Crippen molar-refractivity contribution in [1.82, 2.24) is 5.43 Å². The van der Waals surface area contributed by atoms with Crippen molar-refractivity contribution in [2.24, 2.45) is 5.10 Å². The molecule has 0 atom stereocenters. The van der Waals surface area contributed by atoms with Crippen molar-refractivity contribution >= 4 is 35.3 Å². The molecule has 8 heteroatoms. The first-order valence-corrected chi connectivity index (χ1v) is 10.4. The third-order valence-electron chi connectivity index (χ3n) is 4.53. The molecule has 1 amide bonds. The molecule has 0 aliphatic rings. The van der Waals surface area contributed by atoms with Gasteiger partial charge in [0.05, 0.1) is 31.0 Å². The summed E-state index contributed by atoms with van der Waals surface area (Å²) in [6, 6.07) is 16.0. The fourth-order valence-electron chi connectivity index (χ4n) is 2.90. The van der Waals surface area contributed by atoms with Gasteiger partial charge in [0.1, 0.15) is 12.4 Å². The molecule has 3 aromatic carbocycles. The van der Waals surface area contributed by atoms with Gasteiger partial charge in [-0.1, -0.05) is 41.4 Å². The smallest absolute Gasteiger partial charge is 0.275 e. The molecule has 32 heavy (non-hydrogen) atoms. The van der Waals surface area contributed by atoms with E-state index in [1.54, 1.807) is 36.4 Å². The first-order valence-electron chi connectivity index (χ1n) is 9.64. The van der Waals surface area contributed by atoms with Crippen LogP contribution in [0.4, 0.5) is 0 Å². The summed E-state index contributed by atoms with van der Waals surface area (Å²) in [5.74, 6) is 0.942. The number of hydrogen-bond donors (Lipinski definition) is 1. The van der Waals surface area contributed by atoms with Crippen LogP contribution in [-0.4, -0.2) is 26.3 Å². The Balaban J connectivity index is 1.70. The Hall–Kier alpha value is -3.22. The lowest BCUT2D eigenvalue weighted by Crippen LogP contribution is -2.18. The van der Waals surface area contributed by atoms with Crippen molar-refractivity contribution in [3.05, 3.63) is 86.9 Å². The van der Waals surface area contributed by atoms with E-state index in [9.17, 15) is 4.79 Å². The number of hydrogen-bond acceptors (Lipinski definition) is 5. The van der Waals surface area contributed by atoms with Gasteiger partial charge in [-0.05, 0) is 60.0 Å². The molecule has 0 fully saturated rings. The zero-order valence-corrected chi connectivity index (χ0v) is 19.3. The van der Waals surface area contributed by atoms with Crippen LogP contribution < -0.4 is 19.6 Å². The Morgan fingerprint density at radius 1 is 1.00 bits per heavy atom. The van der Waals surface area contributed by atoms with Crippen molar-refractivity contribution in [2.75, 3.05) is 14.2 Å². The summed E-state index contributed by atoms with van der Waals surface area (Å²) in [4.78, 5) is 12.4. The highest BCUT2D eigenvalue weighted by atomic mass is 35.5. The van der Waals surface area contributed by atoms with Crippen molar-refractivity contribution < 1.29 is 19.0 Å². The van der Waals surface area contributed by atoms with Crippen LogP contribution in [0.1, 0.15) is 27.0 Å². The zero-order chi connectivity index (χ0) is 23.1. The minimum atomic E-state index is -0.390. The Morgan fingerprint density at radius 3 is 2.41 bits per heavy atom. The second-order valence-electron chi connectivity index (χ2n) is 6.85. The van der Waals surface area contributed by atoms with Gasteiger partial charge in [0.2, 0.25) is 0 Å². The summed E-state index contributed by atoms with van der Waals surface area (Å²) >= 11 is 12.3. The highest BCUT2D eigenvalue weighted by molar-refractivity contribution is 6.32. The molecule has 0 radical (unpaired) electrons. The summed E-state index contributed by atoms with van der Waals surface area (Å²) in [5.41, 5.74) is 5.43. The maximum atomic E-state index is 12.4. The van der Waals surface area contributed by atoms with Crippen LogP contribution in [0.3, 0.4) is 0 Å². The summed E-state index contributed by atoms with van der Waals surface area (Å²) in [6.07, 6.45) is 1.47. The normalized spacial score (nSPS) is 10.8. The molecule has 0 bridgehead atoms. The molecule has 3 aromatic rings. The number of carbonyl (C=O) groups excluding carboxylic acids is 1. The first kappa shape index (κ1) is 23.4. The van der Waals surface area contributed by atoms with E-state index in [0.717, 1.165) is 11.1 Å². The molecule has 0 spiro atoms. The third-order valence-corrected chi connectivity index (χ3v) is 5.06. The van der Waals surface area contributed by atoms with Crippen molar-refractivity contribution in [3.63, 3.8) is 0 Å². The number of ether oxygens (including phenoxy) is 3. The van der Waals surface area contributed by atoms with Gasteiger partial charge in [-0.25, -0.2) is 5.43 Å². The highest BCUT2D eigenvalue weighted by Gasteiger charge is 2.13. The molecule has 1 N–H and O–H groups in total. The van der Waals surface area contributed by atoms with Crippen LogP contribution in [-0.2, 0) is 6.61 Å². The van der Waals surface area contributed by atoms with E-state index in [0.29, 0.717) is 45.0 Å². The van der Waals surface area contributed by atoms with Crippen LogP contribution >= 0.6 is 23.2 Å². The van der Waals surface area contributed by atoms with Gasteiger partial charge in [0.25, 0.3) is 5.91 Å². The van der Waals surface area contributed by atoms with Gasteiger partial charge in [0.15, 0.2) is 11.5 Å². The number of hydrazone groups is 1. The molecule has 0 aliphatic carbocycles. The summed E-state index contributed by atoms with van der Waals surface area (Å²) in [7, 11) is 3.03. The van der Waals surface area contributed by atoms with Crippen LogP contribution in [0.2, 0.25) is 10.0 Å². The Bertz CT molecular complexity index is 1130. The molecule has 0 heterocycles. The summed E-state index contributed by atoms with van der Waals surface area (Å²) < 4.78 is 16.5. The van der Waals surface area contributed by atoms with Gasteiger partial charge < -0.3 is 14.2 Å². The number of rotatable bonds is 8. The molecule has 6 nitrogen and oxygen atoms in total. The fourth-order valence-corrected chi connectivity index (χ4v) is 3.30. The Kier molecular flexibility index (Phi) is 7.98. The zero-order valence-electron chi connectivity index (χ0n) is 17.8. The molecule has 0 unspecified atom stereocenters. The van der Waals surface area contributed by atoms with Gasteiger partial charge in [-0.3, -0.25) is 4.79 Å². The minimum absolute atomic E-state index is 0.301. The number of amides is 1. The maximum absolute atomic E-state index is 12.4. The third kappa shape index (κ3) is 5.93. The van der Waals surface area contributed by atoms with Crippen molar-refractivity contribution in [2.45, 2.75) is 13.5 Å². The number of nitrogens with zero attached hydrogens (tertiary/aromatic N) is 1. The molecule has 3 rings (SSSR count). The van der Waals surface area contributed by atoms with E-state index in [-0.39, 0.29) is 5.91 Å². The number of halogens is 2. The Morgan fingerprint density at radius 2 is 1.72 bits per heavy atom. The van der Waals surface area contributed by atoms with Gasteiger partial charge in [0, 0.05) is 5.02 Å². The molecular weight excluding hydrogens is 451 g/mol. The quantitative estimate of drug-likeness (QED) is 0.339. The number of nitrogens with one attached hydrogen (secondary N) is 1. The SMILES string of the molecule is COc1cc(C)ccc1C(=O)N/N=C\c1cc(Cl)c(OCc2ccc(Cl)cc2)c(OC)c1. The summed E-state index contributed by atoms with van der Waals surface area (Å²) in [6.45, 7) is 2.22. The lowest BCUT2D eigenvalue weighted by atomic mass is 10.1. The molecule has 0 saturated heterocycles. The van der Waals surface area contributed by atoms with E-state index in [2.05, 4.69) is 10.5 Å². The standard InChI is InChI=1S/C24H22Cl2N2O4/c1-15-4-9-19(21(10-15)30-2)24(29)28-27-13-17-11-20(26)23(22(12-17)31-3)32-14-16-5-7-18(25)8-6-16/h4-13H,14H2,1-3H3,(H,28,29)/b27-13-. The molecule has 166 valence electrons. The predicted molar refractivity (Wildman–Crippen MR) is 127 cm³/mol. The number of aryl methyl sites for hydroxylation is 1. The van der Waals surface area contributed by atoms with Gasteiger partial charge >= 0.3 is 0 Å². The molecule has 0 saturated carbocycles. The van der Waals surface area contributed by atoms with Crippen LogP contribution in [0.15, 0.2) is 59.7 Å². The topological polar surface area (TPSA) is 69.2 Å². The highest BCUT2D eigenvalue weighted by Crippen LogP contribution is 2.36. The second kappa shape index (κ2) is 10.9. The monoisotopic (exact) mass is 472 g/mol. The van der Waals surface area contributed by atoms with E-state index in [1.807, 2.05) is 25.1 Å². The average molecular weight is 473 g/mol. The molecule has 0 aromatic heterocycles. The maximum Gasteiger partial charge on any atom is 0.275 e. The predicted octanol–water partition coefficient (Wildman–Crippen LogP) is 5.66. The van der Waals surface area contributed by atoms with Gasteiger partial charge in [-0.15, -0.1) is 0 Å². The largest absolute Gasteiger partial charge is 0.496 e.